The third kappa shape index (κ3) is 13.0. The number of para-hydroxylation sites is 3. The maximum atomic E-state index is 13.9. The summed E-state index contributed by atoms with van der Waals surface area (Å²) in [6.45, 7) is 2.55. The third-order valence-electron chi connectivity index (χ3n) is 13.4. The number of carbonyl (C=O) groups excluding carboxylic acids is 7. The molecule has 2 fully saturated rings. The Hall–Kier alpha value is -9.85. The maximum absolute atomic E-state index is 13.9. The number of nitrogens with zero attached hydrogens (tertiary/aromatic N) is 4. The zero-order chi connectivity index (χ0) is 58.3. The number of fused-ring (bicyclic) bond motifs is 1. The van der Waals surface area contributed by atoms with Crippen LogP contribution < -0.4 is 31.9 Å². The first kappa shape index (κ1) is 57.3. The molecule has 422 valence electrons. The Labute approximate surface area is 465 Å². The summed E-state index contributed by atoms with van der Waals surface area (Å²) >= 11 is 1.27. The van der Waals surface area contributed by atoms with E-state index in [-0.39, 0.29) is 85.4 Å². The van der Waals surface area contributed by atoms with Crippen molar-refractivity contribution in [2.75, 3.05) is 5.32 Å². The molecule has 3 heterocycles. The number of anilines is 1. The van der Waals surface area contributed by atoms with Gasteiger partial charge in [-0.2, -0.15) is 0 Å². The highest BCUT2D eigenvalue weighted by atomic mass is 32.2. The van der Waals surface area contributed by atoms with Crippen LogP contribution in [0.4, 0.5) is 5.69 Å². The molecule has 0 saturated carbocycles. The van der Waals surface area contributed by atoms with E-state index in [4.69, 9.17) is 0 Å². The van der Waals surface area contributed by atoms with Crippen LogP contribution in [0.2, 0.25) is 0 Å². The van der Waals surface area contributed by atoms with Gasteiger partial charge >= 0.3 is 5.97 Å². The molecule has 0 unspecified atom stereocenters. The molecule has 8 rings (SSSR count). The standard InChI is InChI=1S/C55H56N10O15S/c1-55(2)47(54(79)80)65-52(78)43(53(65)81-55)61-51(77)42(29-10-4-3-5-11-29)60-40(70)20-21-64-27-32(62-63-64)12-6-19-39(69)59-41-30(25-57-49(75)34-14-8-17-37(67)45(34)72)22-28(24-56-48(74)33-13-7-16-36(66)44(33)71)23-31(41)26-58-50(76)35-15-9-18-38(68)46(35)73/h3-5,7-11,13-18,22-23,27,42-43,47,53,66-68,71-73H,6,12,19-21,24-26H2,1-2H3,(H,56,74)(H,57,75)(H,58,76)(H,59,69)(H,60,70)(H,61,77)(H,79,80)/t42-,43-,47+,53-/m1/s1. The topological polar surface area (TPSA) is 384 Å². The van der Waals surface area contributed by atoms with Gasteiger partial charge in [-0.15, -0.1) is 16.9 Å². The van der Waals surface area contributed by atoms with Crippen molar-refractivity contribution in [3.63, 3.8) is 0 Å². The molecule has 81 heavy (non-hydrogen) atoms. The lowest BCUT2D eigenvalue weighted by molar-refractivity contribution is -0.161. The van der Waals surface area contributed by atoms with Gasteiger partial charge in [0.2, 0.25) is 23.6 Å². The fourth-order valence-corrected chi connectivity index (χ4v) is 10.9. The number of carboxylic acid groups (broad SMARTS) is 1. The van der Waals surface area contributed by atoms with Gasteiger partial charge in [-0.3, -0.25) is 38.2 Å². The van der Waals surface area contributed by atoms with E-state index in [0.29, 0.717) is 16.8 Å². The van der Waals surface area contributed by atoms with Gasteiger partial charge in [0.05, 0.1) is 34.6 Å². The lowest BCUT2D eigenvalue weighted by atomic mass is 9.95. The van der Waals surface area contributed by atoms with Crippen molar-refractivity contribution in [2.45, 2.75) is 94.0 Å². The molecule has 0 radical (unpaired) electrons. The Balaban J connectivity index is 0.936. The smallest absolute Gasteiger partial charge is 0.327 e. The van der Waals surface area contributed by atoms with Gasteiger partial charge in [0, 0.05) is 43.4 Å². The Bertz CT molecular complexity index is 3360. The maximum Gasteiger partial charge on any atom is 0.327 e. The number of phenolic OH excluding ortho intramolecular Hbond substituents is 6. The van der Waals surface area contributed by atoms with Crippen LogP contribution in [0.1, 0.15) is 98.2 Å². The van der Waals surface area contributed by atoms with Crippen molar-refractivity contribution in [1.29, 1.82) is 0 Å². The van der Waals surface area contributed by atoms with Crippen LogP contribution in [0.3, 0.4) is 0 Å². The molecule has 0 aliphatic carbocycles. The number of rotatable bonds is 22. The second-order valence-electron chi connectivity index (χ2n) is 19.5. The minimum atomic E-state index is -1.20. The molecule has 2 aliphatic heterocycles. The monoisotopic (exact) mass is 1130 g/mol. The van der Waals surface area contributed by atoms with Gasteiger partial charge in [0.15, 0.2) is 34.5 Å². The van der Waals surface area contributed by atoms with Crippen LogP contribution in [0, 0.1) is 0 Å². The largest absolute Gasteiger partial charge is 0.504 e. The lowest BCUT2D eigenvalue weighted by Gasteiger charge is -2.44. The highest BCUT2D eigenvalue weighted by Crippen LogP contribution is 2.51. The molecule has 2 aliphatic rings. The van der Waals surface area contributed by atoms with Crippen molar-refractivity contribution in [3.05, 3.63) is 148 Å². The summed E-state index contributed by atoms with van der Waals surface area (Å²) in [7, 11) is 0. The summed E-state index contributed by atoms with van der Waals surface area (Å²) < 4.78 is 0.604. The first-order chi connectivity index (χ1) is 38.6. The van der Waals surface area contributed by atoms with E-state index in [1.165, 1.54) is 88.1 Å². The molecule has 0 spiro atoms. The van der Waals surface area contributed by atoms with Gasteiger partial charge in [-0.1, -0.05) is 65.9 Å². The fourth-order valence-electron chi connectivity index (χ4n) is 9.32. The molecule has 4 atom stereocenters. The Morgan fingerprint density at radius 2 is 1.21 bits per heavy atom. The molecule has 25 nitrogen and oxygen atoms in total. The molecule has 26 heteroatoms. The number of hydrogen-bond donors (Lipinski definition) is 13. The summed E-state index contributed by atoms with van der Waals surface area (Å²) in [5.74, 6) is -9.54. The number of nitrogens with one attached hydrogen (secondary N) is 6. The van der Waals surface area contributed by atoms with Crippen LogP contribution in [0.15, 0.2) is 103 Å². The second kappa shape index (κ2) is 24.4. The number of phenols is 6. The minimum Gasteiger partial charge on any atom is -0.504 e. The number of carbonyl (C=O) groups is 8. The number of β-lactam (4-membered cyclic amide) rings is 1. The summed E-state index contributed by atoms with van der Waals surface area (Å²) in [6.07, 6.45) is 1.77. The van der Waals surface area contributed by atoms with Gasteiger partial charge in [-0.05, 0) is 85.3 Å². The fraction of sp³-hybridized carbons (Fsp3) is 0.273. The predicted octanol–water partition coefficient (Wildman–Crippen LogP) is 3.14. The molecule has 7 amide bonds. The number of aliphatic carboxylic acids is 1. The molecule has 5 aromatic carbocycles. The zero-order valence-electron chi connectivity index (χ0n) is 43.4. The Morgan fingerprint density at radius 3 is 1.74 bits per heavy atom. The van der Waals surface area contributed by atoms with Gasteiger partial charge < -0.3 is 72.5 Å². The third-order valence-corrected chi connectivity index (χ3v) is 15.0. The van der Waals surface area contributed by atoms with E-state index in [1.807, 2.05) is 0 Å². The highest BCUT2D eigenvalue weighted by molar-refractivity contribution is 8.01. The van der Waals surface area contributed by atoms with Crippen molar-refractivity contribution in [1.82, 2.24) is 46.5 Å². The highest BCUT2D eigenvalue weighted by Gasteiger charge is 2.64. The van der Waals surface area contributed by atoms with Crippen molar-refractivity contribution in [2.24, 2.45) is 0 Å². The number of hydrogen-bond acceptors (Lipinski definition) is 17. The normalized spacial score (nSPS) is 16.2. The van der Waals surface area contributed by atoms with Crippen LogP contribution >= 0.6 is 11.8 Å². The van der Waals surface area contributed by atoms with Crippen LogP contribution in [-0.4, -0.2) is 125 Å². The number of benzene rings is 5. The lowest BCUT2D eigenvalue weighted by Crippen LogP contribution is -2.71. The van der Waals surface area contributed by atoms with Gasteiger partial charge in [-0.25, -0.2) is 4.79 Å². The number of aryl methyl sites for hydroxylation is 2. The minimum absolute atomic E-state index is 0.0373. The molecule has 2 saturated heterocycles. The molecule has 13 N–H and O–H groups in total. The number of thioether (sulfide) groups is 1. The molecule has 0 bridgehead atoms. The first-order valence-electron chi connectivity index (χ1n) is 25.2. The Kier molecular flexibility index (Phi) is 17.3. The summed E-state index contributed by atoms with van der Waals surface area (Å²) in [4.78, 5) is 107. The van der Waals surface area contributed by atoms with Crippen molar-refractivity contribution < 1.29 is 74.1 Å². The zero-order valence-corrected chi connectivity index (χ0v) is 44.2. The SMILES string of the molecule is CC1(C)S[C@@H]2[C@H](NC(=O)[C@H](NC(=O)CCn3cc(CCCC(=O)Nc4c(CNC(=O)c5cccc(O)c5O)cc(CNC(=O)c5cccc(O)c5O)cc4CNC(=O)c4cccc(O)c4O)nn3)c3ccccc3)C(=O)N2[C@H]1C(=O)O. The summed E-state index contributed by atoms with van der Waals surface area (Å²) in [5.41, 5.74) is 1.01. The van der Waals surface area contributed by atoms with Crippen LogP contribution in [0.25, 0.3) is 0 Å². The van der Waals surface area contributed by atoms with E-state index in [9.17, 15) is 74.1 Å². The first-order valence-corrected chi connectivity index (χ1v) is 26.1. The quantitative estimate of drug-likeness (QED) is 0.0343. The van der Waals surface area contributed by atoms with E-state index < -0.39 is 110 Å². The summed E-state index contributed by atoms with van der Waals surface area (Å²) in [6, 6.07) is 19.6. The average molecular weight is 1130 g/mol. The van der Waals surface area contributed by atoms with Crippen molar-refractivity contribution >= 4 is 64.8 Å². The number of carboxylic acids is 1. The van der Waals surface area contributed by atoms with Gasteiger partial charge in [0.25, 0.3) is 17.7 Å². The van der Waals surface area contributed by atoms with Crippen LogP contribution in [0.5, 0.6) is 34.5 Å². The van der Waals surface area contributed by atoms with Gasteiger partial charge in [0.1, 0.15) is 23.5 Å². The average Bonchev–Trinajstić information content (AvgIpc) is 2.50. The second-order valence-corrected chi connectivity index (χ2v) is 21.2. The molecule has 6 aromatic rings. The van der Waals surface area contributed by atoms with E-state index in [1.54, 1.807) is 50.4 Å². The predicted molar refractivity (Wildman–Crippen MR) is 288 cm³/mol. The van der Waals surface area contributed by atoms with E-state index >= 15 is 0 Å². The number of aromatic nitrogens is 3. The van der Waals surface area contributed by atoms with E-state index in [0.717, 1.165) is 0 Å². The number of aromatic hydroxyl groups is 6. The molecular weight excluding hydrogens is 1070 g/mol. The van der Waals surface area contributed by atoms with Crippen molar-refractivity contribution in [3.8, 4) is 34.5 Å². The summed E-state index contributed by atoms with van der Waals surface area (Å²) in [5, 5.41) is 95.1. The van der Waals surface area contributed by atoms with Crippen LogP contribution in [-0.2, 0) is 56.6 Å². The van der Waals surface area contributed by atoms with E-state index in [2.05, 4.69) is 42.2 Å². The molecular formula is C55H56N10O15S. The molecule has 1 aromatic heterocycles. The number of amides is 7. The Morgan fingerprint density at radius 1 is 0.679 bits per heavy atom.